The molecule has 0 bridgehead atoms. The molecule has 2 aliphatic rings. The zero-order valence-electron chi connectivity index (χ0n) is 22.4. The summed E-state index contributed by atoms with van der Waals surface area (Å²) in [4.78, 5) is 0. The van der Waals surface area contributed by atoms with E-state index in [1.54, 1.807) is 0 Å². The van der Waals surface area contributed by atoms with Gasteiger partial charge in [-0.3, -0.25) is 6.08 Å². The van der Waals surface area contributed by atoms with Crippen molar-refractivity contribution in [1.82, 2.24) is 0 Å². The molecule has 0 heterocycles. The van der Waals surface area contributed by atoms with E-state index in [-0.39, 0.29) is 35.6 Å². The molecule has 0 unspecified atom stereocenters. The Hall–Kier alpha value is -1.53. The van der Waals surface area contributed by atoms with Gasteiger partial charge in [-0.1, -0.05) is 76.3 Å². The van der Waals surface area contributed by atoms with Crippen LogP contribution in [0.1, 0.15) is 70.2 Å². The molecular weight excluding hydrogens is 558 g/mol. The fourth-order valence-electron chi connectivity index (χ4n) is 3.67. The molecule has 0 atom stereocenters. The number of halogens is 2. The number of fused-ring (bicyclic) bond motifs is 3. The molecular formula is C33H39Cl2Zr-3. The van der Waals surface area contributed by atoms with Gasteiger partial charge in [0, 0.05) is 0 Å². The van der Waals surface area contributed by atoms with Crippen molar-refractivity contribution in [2.24, 2.45) is 0 Å². The zero-order chi connectivity index (χ0) is 25.2. The fourth-order valence-corrected chi connectivity index (χ4v) is 3.67. The molecule has 0 saturated carbocycles. The Morgan fingerprint density at radius 3 is 1.83 bits per heavy atom. The summed E-state index contributed by atoms with van der Waals surface area (Å²) < 4.78 is 3.34. The zero-order valence-corrected chi connectivity index (χ0v) is 26.5. The summed E-state index contributed by atoms with van der Waals surface area (Å²) in [5.41, 5.74) is 8.76. The van der Waals surface area contributed by atoms with Gasteiger partial charge >= 0.3 is 28.4 Å². The molecule has 0 aromatic heterocycles. The summed E-state index contributed by atoms with van der Waals surface area (Å²) in [6.45, 7) is 13.6. The Balaban J connectivity index is 0.000000673. The minimum Gasteiger partial charge on any atom is -0.184 e. The van der Waals surface area contributed by atoms with Crippen molar-refractivity contribution >= 4 is 29.0 Å². The van der Waals surface area contributed by atoms with Gasteiger partial charge in [0.25, 0.3) is 0 Å². The molecule has 36 heavy (non-hydrogen) atoms. The maximum absolute atomic E-state index is 3.53. The molecule has 0 spiro atoms. The van der Waals surface area contributed by atoms with E-state index in [4.69, 9.17) is 0 Å². The normalized spacial score (nSPS) is 12.0. The van der Waals surface area contributed by atoms with Crippen molar-refractivity contribution in [3.8, 4) is 11.1 Å². The molecule has 0 nitrogen and oxygen atoms in total. The quantitative estimate of drug-likeness (QED) is 0.177. The van der Waals surface area contributed by atoms with Gasteiger partial charge in [0.15, 0.2) is 0 Å². The molecule has 3 aromatic carbocycles. The standard InChI is InChI=1S/C21H25.C6H5.C5H5.CH2.2ClH.Zr/c1-20(2,3)16-9-7-14-11-15-8-10-17(21(4,5)6)13-19(15)18(14)12-16;1-2-4-6-5-3-1;1-2-4-5-3-1;;;;/h7,9-10,12-13H,11H2,1-6H3;1-5H;1-3H,4H2;1H2;2*1H;/q3*-1;;;;. The number of benzene rings is 3. The predicted octanol–water partition coefficient (Wildman–Crippen LogP) is 9.25. The first kappa shape index (κ1) is 34.5. The Morgan fingerprint density at radius 2 is 1.42 bits per heavy atom. The van der Waals surface area contributed by atoms with Gasteiger partial charge in [-0.05, 0) is 17.4 Å². The summed E-state index contributed by atoms with van der Waals surface area (Å²) in [6.07, 6.45) is 11.0. The Bertz CT molecular complexity index is 1000. The fraction of sp³-hybridized carbons (Fsp3) is 0.303. The van der Waals surface area contributed by atoms with Crippen LogP contribution in [-0.2, 0) is 41.5 Å². The number of hydrogen-bond acceptors (Lipinski definition) is 0. The van der Waals surface area contributed by atoms with Crippen LogP contribution in [0.5, 0.6) is 0 Å². The van der Waals surface area contributed by atoms with Gasteiger partial charge in [0.05, 0.1) is 0 Å². The Labute approximate surface area is 247 Å². The van der Waals surface area contributed by atoms with Crippen LogP contribution in [0.25, 0.3) is 11.1 Å². The monoisotopic (exact) mass is 595 g/mol. The third-order valence-corrected chi connectivity index (χ3v) is 5.72. The van der Waals surface area contributed by atoms with Crippen LogP contribution < -0.4 is 0 Å². The van der Waals surface area contributed by atoms with Crippen molar-refractivity contribution in [2.75, 3.05) is 0 Å². The first-order valence-corrected chi connectivity index (χ1v) is 13.6. The Morgan fingerprint density at radius 1 is 0.806 bits per heavy atom. The molecule has 0 saturated heterocycles. The van der Waals surface area contributed by atoms with E-state index < -0.39 is 0 Å². The summed E-state index contributed by atoms with van der Waals surface area (Å²) in [5.74, 6) is 0. The number of hydrogen-bond donors (Lipinski definition) is 0. The summed E-state index contributed by atoms with van der Waals surface area (Å²) >= 11 is 1.30. The van der Waals surface area contributed by atoms with Crippen LogP contribution in [0.4, 0.5) is 0 Å². The second kappa shape index (κ2) is 16.3. The van der Waals surface area contributed by atoms with E-state index in [2.05, 4.69) is 100 Å². The molecule has 5 rings (SSSR count). The topological polar surface area (TPSA) is 0 Å². The van der Waals surface area contributed by atoms with Crippen molar-refractivity contribution in [3.05, 3.63) is 119 Å². The largest absolute Gasteiger partial charge is 0.184 e. The van der Waals surface area contributed by atoms with Gasteiger partial charge in [0.1, 0.15) is 0 Å². The van der Waals surface area contributed by atoms with Gasteiger partial charge < -0.3 is 0 Å². The second-order valence-electron chi connectivity index (χ2n) is 10.4. The first-order chi connectivity index (χ1) is 16.2. The number of allylic oxidation sites excluding steroid dienone is 4. The van der Waals surface area contributed by atoms with Crippen LogP contribution in [0.3, 0.4) is 0 Å². The van der Waals surface area contributed by atoms with Gasteiger partial charge in [-0.25, -0.2) is 12.2 Å². The van der Waals surface area contributed by atoms with E-state index in [0.717, 1.165) is 12.8 Å². The van der Waals surface area contributed by atoms with Crippen LogP contribution in [0, 0.1) is 18.2 Å². The van der Waals surface area contributed by atoms with Crippen LogP contribution in [0.15, 0.2) is 78.9 Å². The van der Waals surface area contributed by atoms with Crippen molar-refractivity contribution in [2.45, 2.75) is 65.2 Å². The molecule has 0 N–H and O–H groups in total. The molecule has 0 radical (unpaired) electrons. The Kier molecular flexibility index (Phi) is 15.7. The summed E-state index contributed by atoms with van der Waals surface area (Å²) in [6, 6.07) is 27.6. The van der Waals surface area contributed by atoms with Crippen molar-refractivity contribution in [3.63, 3.8) is 0 Å². The predicted molar refractivity (Wildman–Crippen MR) is 159 cm³/mol. The molecule has 2 aliphatic carbocycles. The maximum atomic E-state index is 3.53. The molecule has 0 amide bonds. The average molecular weight is 598 g/mol. The van der Waals surface area contributed by atoms with Gasteiger partial charge in [-0.15, -0.1) is 36.8 Å². The molecule has 3 heteroatoms. The van der Waals surface area contributed by atoms with E-state index in [0.29, 0.717) is 0 Å². The molecule has 0 fully saturated rings. The van der Waals surface area contributed by atoms with E-state index in [9.17, 15) is 0 Å². The van der Waals surface area contributed by atoms with Crippen molar-refractivity contribution < 1.29 is 24.2 Å². The molecule has 3 aromatic rings. The van der Waals surface area contributed by atoms with E-state index >= 15 is 0 Å². The first-order valence-electron chi connectivity index (χ1n) is 11.8. The molecule has 192 valence electrons. The van der Waals surface area contributed by atoms with Crippen LogP contribution >= 0.6 is 24.8 Å². The van der Waals surface area contributed by atoms with Crippen molar-refractivity contribution in [1.29, 1.82) is 0 Å². The van der Waals surface area contributed by atoms with Crippen LogP contribution in [0.2, 0.25) is 0 Å². The smallest absolute Gasteiger partial charge is 0.171 e. The maximum Gasteiger partial charge on any atom is -0.171 e. The van der Waals surface area contributed by atoms with Gasteiger partial charge in [0.2, 0.25) is 0 Å². The average Bonchev–Trinajstić information content (AvgIpc) is 3.52. The molecule has 0 aliphatic heterocycles. The van der Waals surface area contributed by atoms with E-state index in [1.807, 2.05) is 42.5 Å². The second-order valence-corrected chi connectivity index (χ2v) is 10.4. The minimum absolute atomic E-state index is 0. The van der Waals surface area contributed by atoms with E-state index in [1.165, 1.54) is 57.6 Å². The third-order valence-electron chi connectivity index (χ3n) is 5.72. The minimum atomic E-state index is 0. The summed E-state index contributed by atoms with van der Waals surface area (Å²) in [7, 11) is 0. The SMILES string of the molecule is CC(C)(C)c1c[c-]c2c(c1)-c1cc(C(C)(C)C)ccc1C2.Cl.Cl.[C-]1=CC=CC1.[CH2]=[Zr].[c-]1ccccc1. The number of rotatable bonds is 0. The van der Waals surface area contributed by atoms with Crippen LogP contribution in [-0.4, -0.2) is 4.21 Å². The third kappa shape index (κ3) is 10.5. The summed E-state index contributed by atoms with van der Waals surface area (Å²) in [5, 5.41) is 0. The van der Waals surface area contributed by atoms with Gasteiger partial charge in [-0.2, -0.15) is 71.8 Å².